The predicted octanol–water partition coefficient (Wildman–Crippen LogP) is 4.49. The molecule has 0 spiro atoms. The Morgan fingerprint density at radius 3 is 2.49 bits per heavy atom. The molecule has 1 N–H and O–H groups in total. The van der Waals surface area contributed by atoms with Crippen LogP contribution in [-0.2, 0) is 29.0 Å². The maximum Gasteiger partial charge on any atom is 0.419 e. The third-order valence-electron chi connectivity index (χ3n) is 5.97. The zero-order valence-electron chi connectivity index (χ0n) is 18.1. The SMILES string of the molecule is O=C(c1c[nH]c(S(=O)(=O)C2CC2)n1)N1CCc2cc(Oc3ccc(C(F)(F)F)c(F)c3)ccc2C1. The normalized spacial score (nSPS) is 16.2. The van der Waals surface area contributed by atoms with E-state index in [4.69, 9.17) is 4.74 Å². The molecular weight excluding hydrogens is 490 g/mol. The Morgan fingerprint density at radius 1 is 1.09 bits per heavy atom. The van der Waals surface area contributed by atoms with Crippen LogP contribution in [0.2, 0.25) is 0 Å². The molecule has 35 heavy (non-hydrogen) atoms. The number of benzene rings is 2. The Balaban J connectivity index is 1.28. The molecule has 0 radical (unpaired) electrons. The van der Waals surface area contributed by atoms with Gasteiger partial charge in [0.15, 0.2) is 0 Å². The van der Waals surface area contributed by atoms with Gasteiger partial charge in [0.2, 0.25) is 15.0 Å². The summed E-state index contributed by atoms with van der Waals surface area (Å²) in [6.45, 7) is 0.614. The van der Waals surface area contributed by atoms with Crippen molar-refractivity contribution in [2.45, 2.75) is 42.4 Å². The number of nitrogens with zero attached hydrogens (tertiary/aromatic N) is 2. The molecule has 5 rings (SSSR count). The quantitative estimate of drug-likeness (QED) is 0.512. The van der Waals surface area contributed by atoms with Gasteiger partial charge in [-0.25, -0.2) is 17.8 Å². The second kappa shape index (κ2) is 8.36. The van der Waals surface area contributed by atoms with Crippen molar-refractivity contribution in [2.24, 2.45) is 0 Å². The molecule has 12 heteroatoms. The average Bonchev–Trinajstić information content (AvgIpc) is 3.55. The molecule has 0 atom stereocenters. The van der Waals surface area contributed by atoms with Gasteiger partial charge < -0.3 is 14.6 Å². The fourth-order valence-electron chi connectivity index (χ4n) is 3.95. The fourth-order valence-corrected chi connectivity index (χ4v) is 5.47. The number of halogens is 4. The number of fused-ring (bicyclic) bond motifs is 1. The van der Waals surface area contributed by atoms with E-state index >= 15 is 0 Å². The zero-order chi connectivity index (χ0) is 25.0. The first kappa shape index (κ1) is 23.3. The van der Waals surface area contributed by atoms with Crippen LogP contribution in [0.25, 0.3) is 0 Å². The largest absolute Gasteiger partial charge is 0.457 e. The van der Waals surface area contributed by atoms with Crippen molar-refractivity contribution >= 4 is 15.7 Å². The highest BCUT2D eigenvalue weighted by Gasteiger charge is 2.39. The number of sulfone groups is 1. The summed E-state index contributed by atoms with van der Waals surface area (Å²) in [5.41, 5.74) is 0.362. The lowest BCUT2D eigenvalue weighted by Crippen LogP contribution is -2.36. The summed E-state index contributed by atoms with van der Waals surface area (Å²) in [6.07, 6.45) is -1.84. The average molecular weight is 509 g/mol. The number of imidazole rings is 1. The van der Waals surface area contributed by atoms with Crippen molar-refractivity contribution in [3.63, 3.8) is 0 Å². The number of ether oxygens (including phenoxy) is 1. The number of rotatable bonds is 5. The number of hydrogen-bond donors (Lipinski definition) is 1. The molecule has 1 amide bonds. The number of carbonyl (C=O) groups is 1. The Labute approximate surface area is 197 Å². The van der Waals surface area contributed by atoms with Crippen molar-refractivity contribution < 1.29 is 35.5 Å². The van der Waals surface area contributed by atoms with Gasteiger partial charge in [-0.15, -0.1) is 0 Å². The minimum atomic E-state index is -4.79. The highest BCUT2D eigenvalue weighted by atomic mass is 32.2. The van der Waals surface area contributed by atoms with Gasteiger partial charge in [0.1, 0.15) is 23.0 Å². The molecule has 0 unspecified atom stereocenters. The van der Waals surface area contributed by atoms with Crippen molar-refractivity contribution in [1.82, 2.24) is 14.9 Å². The van der Waals surface area contributed by atoms with E-state index in [1.165, 1.54) is 6.20 Å². The highest BCUT2D eigenvalue weighted by Crippen LogP contribution is 2.35. The van der Waals surface area contributed by atoms with Gasteiger partial charge in [0.05, 0.1) is 10.8 Å². The van der Waals surface area contributed by atoms with Gasteiger partial charge in [-0.05, 0) is 54.7 Å². The van der Waals surface area contributed by atoms with Gasteiger partial charge in [0, 0.05) is 25.4 Å². The van der Waals surface area contributed by atoms with Crippen LogP contribution in [0.3, 0.4) is 0 Å². The first-order valence-corrected chi connectivity index (χ1v) is 12.3. The summed E-state index contributed by atoms with van der Waals surface area (Å²) in [5, 5.41) is -0.629. The van der Waals surface area contributed by atoms with Crippen molar-refractivity contribution in [2.75, 3.05) is 6.54 Å². The molecule has 3 aromatic rings. The molecule has 1 saturated carbocycles. The number of alkyl halides is 3. The van der Waals surface area contributed by atoms with Gasteiger partial charge in [-0.1, -0.05) is 6.07 Å². The minimum Gasteiger partial charge on any atom is -0.457 e. The number of nitrogens with one attached hydrogen (secondary N) is 1. The lowest BCUT2D eigenvalue weighted by molar-refractivity contribution is -0.140. The molecule has 1 aliphatic carbocycles. The molecule has 2 aromatic carbocycles. The van der Waals surface area contributed by atoms with E-state index in [0.717, 1.165) is 17.2 Å². The van der Waals surface area contributed by atoms with Crippen LogP contribution in [0.15, 0.2) is 47.8 Å². The topological polar surface area (TPSA) is 92.4 Å². The van der Waals surface area contributed by atoms with Crippen molar-refractivity contribution in [3.05, 3.63) is 70.8 Å². The van der Waals surface area contributed by atoms with Crippen molar-refractivity contribution in [1.29, 1.82) is 0 Å². The van der Waals surface area contributed by atoms with Gasteiger partial charge in [-0.3, -0.25) is 4.79 Å². The van der Waals surface area contributed by atoms with Crippen LogP contribution in [0, 0.1) is 5.82 Å². The van der Waals surface area contributed by atoms with Crippen LogP contribution < -0.4 is 4.74 Å². The third-order valence-corrected chi connectivity index (χ3v) is 8.06. The fraction of sp³-hybridized carbons (Fsp3) is 0.304. The summed E-state index contributed by atoms with van der Waals surface area (Å²) >= 11 is 0. The zero-order valence-corrected chi connectivity index (χ0v) is 18.9. The van der Waals surface area contributed by atoms with Gasteiger partial charge in [-0.2, -0.15) is 13.2 Å². The number of aromatic nitrogens is 2. The molecule has 1 fully saturated rings. The van der Waals surface area contributed by atoms with Gasteiger partial charge >= 0.3 is 6.18 Å². The lowest BCUT2D eigenvalue weighted by Gasteiger charge is -2.28. The summed E-state index contributed by atoms with van der Waals surface area (Å²) in [7, 11) is -3.53. The summed E-state index contributed by atoms with van der Waals surface area (Å²) in [5.74, 6) is -1.57. The predicted molar refractivity (Wildman–Crippen MR) is 115 cm³/mol. The highest BCUT2D eigenvalue weighted by molar-refractivity contribution is 7.92. The van der Waals surface area contributed by atoms with E-state index in [1.807, 2.05) is 0 Å². The maximum atomic E-state index is 13.8. The standard InChI is InChI=1S/C23H19F4N3O4S/c24-19-10-16(3-6-18(19)23(25,26)27)34-15-2-1-14-12-30(8-7-13(14)9-15)21(31)20-11-28-22(29-20)35(32,33)17-4-5-17/h1-3,6,9-11,17H,4-5,7-8,12H2,(H,28,29). The Morgan fingerprint density at radius 2 is 1.80 bits per heavy atom. The number of H-pyrrole nitrogens is 1. The summed E-state index contributed by atoms with van der Waals surface area (Å²) in [4.78, 5) is 21.0. The Bertz CT molecular complexity index is 1410. The van der Waals surface area contributed by atoms with Gasteiger partial charge in [0.25, 0.3) is 5.91 Å². The number of hydrogen-bond acceptors (Lipinski definition) is 5. The van der Waals surface area contributed by atoms with Crippen LogP contribution in [0.1, 0.15) is 40.0 Å². The molecule has 184 valence electrons. The summed E-state index contributed by atoms with van der Waals surface area (Å²) < 4.78 is 82.2. The number of carbonyl (C=O) groups excluding carboxylic acids is 1. The Kier molecular flexibility index (Phi) is 5.58. The van der Waals surface area contributed by atoms with E-state index in [2.05, 4.69) is 9.97 Å². The molecule has 7 nitrogen and oxygen atoms in total. The molecule has 2 aliphatic rings. The molecule has 0 saturated heterocycles. The minimum absolute atomic E-state index is 0.0250. The van der Waals surface area contributed by atoms with E-state index in [-0.39, 0.29) is 23.1 Å². The Hall–Kier alpha value is -3.41. The third kappa shape index (κ3) is 4.62. The van der Waals surface area contributed by atoms with Crippen LogP contribution in [0.4, 0.5) is 17.6 Å². The first-order valence-electron chi connectivity index (χ1n) is 10.8. The summed E-state index contributed by atoms with van der Waals surface area (Å²) in [6, 6.07) is 7.36. The second-order valence-corrected chi connectivity index (χ2v) is 10.6. The lowest BCUT2D eigenvalue weighted by atomic mass is 9.99. The number of amides is 1. The smallest absolute Gasteiger partial charge is 0.419 e. The molecular formula is C23H19F4N3O4S. The van der Waals surface area contributed by atoms with Crippen LogP contribution in [0.5, 0.6) is 11.5 Å². The monoisotopic (exact) mass is 509 g/mol. The van der Waals surface area contributed by atoms with E-state index < -0.39 is 38.6 Å². The van der Waals surface area contributed by atoms with E-state index in [0.29, 0.717) is 43.7 Å². The molecule has 1 aliphatic heterocycles. The molecule has 1 aromatic heterocycles. The second-order valence-electron chi connectivity index (χ2n) is 8.48. The maximum absolute atomic E-state index is 13.8. The van der Waals surface area contributed by atoms with E-state index in [1.54, 1.807) is 23.1 Å². The van der Waals surface area contributed by atoms with E-state index in [9.17, 15) is 30.8 Å². The van der Waals surface area contributed by atoms with Crippen molar-refractivity contribution in [3.8, 4) is 11.5 Å². The molecule has 0 bridgehead atoms. The molecule has 2 heterocycles. The first-order chi connectivity index (χ1) is 16.5. The number of aromatic amines is 1. The van der Waals surface area contributed by atoms with Crippen LogP contribution in [-0.4, -0.2) is 41.0 Å². The van der Waals surface area contributed by atoms with Crippen LogP contribution >= 0.6 is 0 Å².